The van der Waals surface area contributed by atoms with Crippen molar-refractivity contribution in [3.8, 4) is 22.8 Å². The molecule has 7 heteroatoms. The van der Waals surface area contributed by atoms with Crippen LogP contribution in [-0.2, 0) is 0 Å². The third-order valence-corrected chi connectivity index (χ3v) is 6.31. The van der Waals surface area contributed by atoms with Crippen LogP contribution in [0.5, 0.6) is 11.5 Å². The topological polar surface area (TPSA) is 68.1 Å². The van der Waals surface area contributed by atoms with Gasteiger partial charge in [0.25, 0.3) is 0 Å². The van der Waals surface area contributed by atoms with Gasteiger partial charge < -0.3 is 24.1 Å². The van der Waals surface area contributed by atoms with Crippen LogP contribution in [0.3, 0.4) is 0 Å². The van der Waals surface area contributed by atoms with E-state index in [0.717, 1.165) is 53.4 Å². The highest BCUT2D eigenvalue weighted by atomic mass is 16.5. The van der Waals surface area contributed by atoms with Gasteiger partial charge in [0.05, 0.1) is 25.4 Å². The van der Waals surface area contributed by atoms with E-state index in [1.165, 1.54) is 0 Å². The van der Waals surface area contributed by atoms with Gasteiger partial charge in [-0.15, -0.1) is 0 Å². The Hall–Kier alpha value is -4.00. The van der Waals surface area contributed by atoms with Crippen molar-refractivity contribution in [1.82, 2.24) is 14.3 Å². The van der Waals surface area contributed by atoms with Crippen molar-refractivity contribution >= 4 is 17.2 Å². The van der Waals surface area contributed by atoms with E-state index in [4.69, 9.17) is 14.5 Å². The van der Waals surface area contributed by atoms with E-state index in [0.29, 0.717) is 12.3 Å². The van der Waals surface area contributed by atoms with Crippen molar-refractivity contribution in [2.24, 2.45) is 0 Å². The summed E-state index contributed by atoms with van der Waals surface area (Å²) in [5.41, 5.74) is 3.70. The van der Waals surface area contributed by atoms with Gasteiger partial charge in [0.15, 0.2) is 0 Å². The van der Waals surface area contributed by atoms with Crippen LogP contribution in [0.15, 0.2) is 72.9 Å². The molecule has 1 atom stereocenters. The molecule has 1 aliphatic heterocycles. The van der Waals surface area contributed by atoms with Crippen LogP contribution < -0.4 is 14.8 Å². The van der Waals surface area contributed by atoms with E-state index in [9.17, 15) is 4.79 Å². The summed E-state index contributed by atoms with van der Waals surface area (Å²) < 4.78 is 12.8. The zero-order valence-corrected chi connectivity index (χ0v) is 19.4. The number of methoxy groups -OCH3 is 2. The number of piperidine rings is 1. The van der Waals surface area contributed by atoms with E-state index in [2.05, 4.69) is 28.0 Å². The number of ether oxygens (including phenoxy) is 2. The summed E-state index contributed by atoms with van der Waals surface area (Å²) in [5.74, 6) is 2.63. The van der Waals surface area contributed by atoms with E-state index in [1.807, 2.05) is 59.5 Å². The average Bonchev–Trinajstić information content (AvgIpc) is 3.29. The molecule has 3 heterocycles. The molecule has 1 N–H and O–H groups in total. The highest BCUT2D eigenvalue weighted by molar-refractivity contribution is 5.89. The summed E-state index contributed by atoms with van der Waals surface area (Å²) in [4.78, 5) is 20.0. The predicted octanol–water partition coefficient (Wildman–Crippen LogP) is 5.43. The van der Waals surface area contributed by atoms with Crippen LogP contribution in [-0.4, -0.2) is 47.6 Å². The lowest BCUT2D eigenvalue weighted by Gasteiger charge is -2.32. The van der Waals surface area contributed by atoms with Gasteiger partial charge >= 0.3 is 6.03 Å². The second kappa shape index (κ2) is 9.47. The summed E-state index contributed by atoms with van der Waals surface area (Å²) in [5, 5.41) is 3.01. The first-order valence-corrected chi connectivity index (χ1v) is 11.5. The maximum atomic E-state index is 13.0. The standard InChI is InChI=1S/C27H28N4O3/c1-33-22-11-5-8-19(16-22)25-24-13-3-4-15-31(24)26(29-25)20-9-7-14-30(18-20)27(32)28-21-10-6-12-23(17-21)34-2/h3-6,8,10-13,15-17,20H,7,9,14,18H2,1-2H3,(H,28,32). The number of urea groups is 1. The Labute approximate surface area is 198 Å². The molecule has 0 saturated carbocycles. The molecular formula is C27H28N4O3. The van der Waals surface area contributed by atoms with Gasteiger partial charge in [-0.3, -0.25) is 0 Å². The van der Waals surface area contributed by atoms with E-state index < -0.39 is 0 Å². The second-order valence-electron chi connectivity index (χ2n) is 8.45. The fraction of sp³-hybridized carbons (Fsp3) is 0.259. The van der Waals surface area contributed by atoms with Crippen LogP contribution in [0.2, 0.25) is 0 Å². The lowest BCUT2D eigenvalue weighted by Crippen LogP contribution is -2.42. The Morgan fingerprint density at radius 2 is 1.79 bits per heavy atom. The lowest BCUT2D eigenvalue weighted by atomic mass is 9.97. The number of benzene rings is 2. The molecule has 0 spiro atoms. The number of amides is 2. The fourth-order valence-corrected chi connectivity index (χ4v) is 4.61. The van der Waals surface area contributed by atoms with Gasteiger partial charge in [0.1, 0.15) is 17.3 Å². The summed E-state index contributed by atoms with van der Waals surface area (Å²) >= 11 is 0. The minimum absolute atomic E-state index is 0.105. The van der Waals surface area contributed by atoms with Crippen LogP contribution in [0.25, 0.3) is 16.8 Å². The van der Waals surface area contributed by atoms with Gasteiger partial charge in [-0.1, -0.05) is 24.3 Å². The third kappa shape index (κ3) is 4.29. The monoisotopic (exact) mass is 456 g/mol. The van der Waals surface area contributed by atoms with Crippen molar-refractivity contribution < 1.29 is 14.3 Å². The first kappa shape index (κ1) is 21.8. The molecule has 2 aromatic carbocycles. The smallest absolute Gasteiger partial charge is 0.321 e. The number of fused-ring (bicyclic) bond motifs is 1. The van der Waals surface area contributed by atoms with Gasteiger partial charge in [-0.2, -0.15) is 0 Å². The number of carbonyl (C=O) groups is 1. The zero-order chi connectivity index (χ0) is 23.5. The number of anilines is 1. The fourth-order valence-electron chi connectivity index (χ4n) is 4.61. The molecule has 2 aromatic heterocycles. The highest BCUT2D eigenvalue weighted by Crippen LogP contribution is 2.33. The van der Waals surface area contributed by atoms with Crippen LogP contribution in [0, 0.1) is 0 Å². The van der Waals surface area contributed by atoms with Crippen molar-refractivity contribution in [1.29, 1.82) is 0 Å². The minimum atomic E-state index is -0.105. The Morgan fingerprint density at radius 1 is 1.00 bits per heavy atom. The molecule has 174 valence electrons. The molecule has 4 aromatic rings. The largest absolute Gasteiger partial charge is 0.497 e. The van der Waals surface area contributed by atoms with Crippen LogP contribution in [0.4, 0.5) is 10.5 Å². The van der Waals surface area contributed by atoms with Crippen LogP contribution in [0.1, 0.15) is 24.6 Å². The number of hydrogen-bond acceptors (Lipinski definition) is 4. The third-order valence-electron chi connectivity index (χ3n) is 6.31. The first-order chi connectivity index (χ1) is 16.7. The molecule has 1 aliphatic rings. The number of nitrogens with zero attached hydrogens (tertiary/aromatic N) is 3. The molecule has 7 nitrogen and oxygen atoms in total. The Balaban J connectivity index is 1.42. The van der Waals surface area contributed by atoms with Crippen molar-refractivity contribution in [2.75, 3.05) is 32.6 Å². The number of pyridine rings is 1. The summed E-state index contributed by atoms with van der Waals surface area (Å²) in [7, 11) is 3.29. The molecular weight excluding hydrogens is 428 g/mol. The summed E-state index contributed by atoms with van der Waals surface area (Å²) in [6, 6.07) is 21.4. The number of nitrogens with one attached hydrogen (secondary N) is 1. The normalized spacial score (nSPS) is 15.8. The quantitative estimate of drug-likeness (QED) is 0.435. The minimum Gasteiger partial charge on any atom is -0.497 e. The van der Waals surface area contributed by atoms with Gasteiger partial charge in [0.2, 0.25) is 0 Å². The molecule has 0 bridgehead atoms. The van der Waals surface area contributed by atoms with E-state index >= 15 is 0 Å². The van der Waals surface area contributed by atoms with Gasteiger partial charge in [-0.25, -0.2) is 9.78 Å². The van der Waals surface area contributed by atoms with Crippen molar-refractivity contribution in [3.05, 3.63) is 78.8 Å². The lowest BCUT2D eigenvalue weighted by molar-refractivity contribution is 0.191. The molecule has 5 rings (SSSR count). The second-order valence-corrected chi connectivity index (χ2v) is 8.45. The Morgan fingerprint density at radius 3 is 2.62 bits per heavy atom. The maximum absolute atomic E-state index is 13.0. The van der Waals surface area contributed by atoms with Crippen molar-refractivity contribution in [2.45, 2.75) is 18.8 Å². The predicted molar refractivity (Wildman–Crippen MR) is 133 cm³/mol. The Bertz CT molecular complexity index is 1320. The Kier molecular flexibility index (Phi) is 6.08. The number of rotatable bonds is 5. The average molecular weight is 457 g/mol. The maximum Gasteiger partial charge on any atom is 0.321 e. The molecule has 1 fully saturated rings. The number of imidazole rings is 1. The number of aromatic nitrogens is 2. The highest BCUT2D eigenvalue weighted by Gasteiger charge is 2.28. The molecule has 0 radical (unpaired) electrons. The molecule has 1 saturated heterocycles. The number of carbonyl (C=O) groups excluding carboxylic acids is 1. The van der Waals surface area contributed by atoms with Gasteiger partial charge in [0, 0.05) is 42.5 Å². The van der Waals surface area contributed by atoms with Crippen LogP contribution >= 0.6 is 0 Å². The molecule has 34 heavy (non-hydrogen) atoms. The first-order valence-electron chi connectivity index (χ1n) is 11.5. The van der Waals surface area contributed by atoms with Crippen molar-refractivity contribution in [3.63, 3.8) is 0 Å². The molecule has 1 unspecified atom stereocenters. The summed E-state index contributed by atoms with van der Waals surface area (Å²) in [6.07, 6.45) is 3.96. The molecule has 2 amide bonds. The van der Waals surface area contributed by atoms with E-state index in [-0.39, 0.29) is 11.9 Å². The zero-order valence-electron chi connectivity index (χ0n) is 19.4. The van der Waals surface area contributed by atoms with E-state index in [1.54, 1.807) is 14.2 Å². The number of likely N-dealkylation sites (tertiary alicyclic amines) is 1. The van der Waals surface area contributed by atoms with Gasteiger partial charge in [-0.05, 0) is 49.2 Å². The SMILES string of the molecule is COc1cccc(NC(=O)N2CCCC(c3nc(-c4cccc(OC)c4)c4ccccn34)C2)c1. The number of hydrogen-bond donors (Lipinski definition) is 1. The molecule has 0 aliphatic carbocycles. The summed E-state index contributed by atoms with van der Waals surface area (Å²) in [6.45, 7) is 1.33.